The third kappa shape index (κ3) is 4.75. The van der Waals surface area contributed by atoms with E-state index in [1.54, 1.807) is 4.90 Å². The lowest BCUT2D eigenvalue weighted by Gasteiger charge is -2.26. The van der Waals surface area contributed by atoms with Gasteiger partial charge in [-0.2, -0.15) is 0 Å². The highest BCUT2D eigenvalue weighted by atomic mass is 35.5. The summed E-state index contributed by atoms with van der Waals surface area (Å²) in [5.74, 6) is -0.0383. The first kappa shape index (κ1) is 17.5. The third-order valence-electron chi connectivity index (χ3n) is 3.07. The zero-order valence-corrected chi connectivity index (χ0v) is 13.0. The second kappa shape index (κ2) is 7.47. The molecule has 1 aromatic carbocycles. The van der Waals surface area contributed by atoms with Gasteiger partial charge in [0.1, 0.15) is 5.82 Å². The van der Waals surface area contributed by atoms with Gasteiger partial charge in [0.2, 0.25) is 5.96 Å². The van der Waals surface area contributed by atoms with E-state index in [0.29, 0.717) is 18.2 Å². The van der Waals surface area contributed by atoms with Gasteiger partial charge in [0.25, 0.3) is 0 Å². The maximum absolute atomic E-state index is 13.1. The summed E-state index contributed by atoms with van der Waals surface area (Å²) in [5, 5.41) is 13.0. The highest BCUT2D eigenvalue weighted by Crippen LogP contribution is 2.34. The van der Waals surface area contributed by atoms with E-state index in [2.05, 4.69) is 10.6 Å². The second-order valence-electron chi connectivity index (χ2n) is 4.70. The van der Waals surface area contributed by atoms with Gasteiger partial charge in [0.05, 0.1) is 10.7 Å². The molecule has 1 fully saturated rings. The molecule has 0 bridgehead atoms. The van der Waals surface area contributed by atoms with Gasteiger partial charge >= 0.3 is 6.03 Å². The van der Waals surface area contributed by atoms with Crippen LogP contribution in [0.3, 0.4) is 0 Å². The van der Waals surface area contributed by atoms with E-state index in [9.17, 15) is 9.18 Å². The highest BCUT2D eigenvalue weighted by molar-refractivity contribution is 6.33. The predicted molar refractivity (Wildman–Crippen MR) is 84.0 cm³/mol. The van der Waals surface area contributed by atoms with Crippen LogP contribution in [0.1, 0.15) is 12.8 Å². The van der Waals surface area contributed by atoms with Crippen molar-refractivity contribution in [1.82, 2.24) is 10.6 Å². The average molecular weight is 335 g/mol. The maximum Gasteiger partial charge on any atom is 0.321 e. The van der Waals surface area contributed by atoms with Crippen molar-refractivity contribution in [2.45, 2.75) is 12.8 Å². The summed E-state index contributed by atoms with van der Waals surface area (Å²) in [6.07, 6.45) is 2.17. The van der Waals surface area contributed by atoms with Crippen molar-refractivity contribution in [2.24, 2.45) is 5.92 Å². The minimum Gasteiger partial charge on any atom is -0.341 e. The number of nitrogens with one attached hydrogen (secondary N) is 3. The van der Waals surface area contributed by atoms with Crippen LogP contribution in [0, 0.1) is 17.1 Å². The van der Waals surface area contributed by atoms with Crippen LogP contribution in [0.25, 0.3) is 0 Å². The third-order valence-corrected chi connectivity index (χ3v) is 3.37. The molecule has 8 heteroatoms. The van der Waals surface area contributed by atoms with E-state index < -0.39 is 11.8 Å². The van der Waals surface area contributed by atoms with E-state index in [1.807, 2.05) is 0 Å². The largest absolute Gasteiger partial charge is 0.341 e. The number of hydrogen-bond acceptors (Lipinski definition) is 2. The molecule has 0 saturated heterocycles. The Kier molecular flexibility index (Phi) is 6.23. The minimum atomic E-state index is -0.478. The molecule has 1 saturated carbocycles. The molecule has 116 valence electrons. The van der Waals surface area contributed by atoms with Crippen LogP contribution < -0.4 is 15.5 Å². The van der Waals surface area contributed by atoms with Crippen LogP contribution in [-0.2, 0) is 0 Å². The Morgan fingerprint density at radius 2 is 2.19 bits per heavy atom. The van der Waals surface area contributed by atoms with Crippen molar-refractivity contribution in [3.8, 4) is 0 Å². The van der Waals surface area contributed by atoms with Gasteiger partial charge in [0.15, 0.2) is 0 Å². The molecule has 0 spiro atoms. The van der Waals surface area contributed by atoms with Crippen molar-refractivity contribution < 1.29 is 9.18 Å². The fourth-order valence-corrected chi connectivity index (χ4v) is 2.08. The first-order valence-corrected chi connectivity index (χ1v) is 6.69. The number of nitrogens with zero attached hydrogens (tertiary/aromatic N) is 1. The number of benzene rings is 1. The molecule has 0 aliphatic heterocycles. The number of guanidine groups is 1. The van der Waals surface area contributed by atoms with E-state index >= 15 is 0 Å². The van der Waals surface area contributed by atoms with E-state index in [0.717, 1.165) is 12.8 Å². The molecule has 0 heterocycles. The van der Waals surface area contributed by atoms with Crippen molar-refractivity contribution in [3.63, 3.8) is 0 Å². The number of anilines is 1. The molecule has 1 aromatic rings. The molecule has 1 aliphatic carbocycles. The fraction of sp³-hybridized carbons (Fsp3) is 0.385. The van der Waals surface area contributed by atoms with Gasteiger partial charge in [-0.15, -0.1) is 12.4 Å². The molecule has 0 atom stereocenters. The number of carbonyl (C=O) groups is 1. The summed E-state index contributed by atoms with van der Waals surface area (Å²) < 4.78 is 13.1. The van der Waals surface area contributed by atoms with Gasteiger partial charge in [-0.1, -0.05) is 11.6 Å². The lowest BCUT2D eigenvalue weighted by molar-refractivity contribution is 0.247. The first-order chi connectivity index (χ1) is 9.51. The fourth-order valence-electron chi connectivity index (χ4n) is 1.81. The Hall–Kier alpha value is -1.53. The Balaban J connectivity index is 0.00000220. The van der Waals surface area contributed by atoms with Crippen LogP contribution in [-0.4, -0.2) is 25.6 Å². The summed E-state index contributed by atoms with van der Waals surface area (Å²) in [6.45, 7) is 0.578. The maximum atomic E-state index is 13.1. The van der Waals surface area contributed by atoms with Gasteiger partial charge in [-0.05, 0) is 37.0 Å². The first-order valence-electron chi connectivity index (χ1n) is 6.31. The second-order valence-corrected chi connectivity index (χ2v) is 5.11. The van der Waals surface area contributed by atoms with Crippen LogP contribution in [0.2, 0.25) is 5.02 Å². The van der Waals surface area contributed by atoms with Crippen molar-refractivity contribution in [2.75, 3.05) is 18.5 Å². The molecule has 0 radical (unpaired) electrons. The van der Waals surface area contributed by atoms with Crippen LogP contribution in [0.15, 0.2) is 18.2 Å². The van der Waals surface area contributed by atoms with Crippen molar-refractivity contribution in [3.05, 3.63) is 29.0 Å². The lowest BCUT2D eigenvalue weighted by Crippen LogP contribution is -2.47. The zero-order valence-electron chi connectivity index (χ0n) is 11.5. The van der Waals surface area contributed by atoms with E-state index in [4.69, 9.17) is 17.0 Å². The standard InChI is InChI=1S/C13H16ClFN4O.ClH/c1-17-13(20)18-12(16)19(7-8-2-3-8)11-5-4-9(15)6-10(11)14;/h4-6,8H,2-3,7H2,1H3,(H3,16,17,18,20);1H. The number of amides is 2. The van der Waals surface area contributed by atoms with Crippen LogP contribution in [0.5, 0.6) is 0 Å². The molecular weight excluding hydrogens is 318 g/mol. The Labute approximate surface area is 133 Å². The molecule has 2 amide bonds. The van der Waals surface area contributed by atoms with Gasteiger partial charge in [0, 0.05) is 13.6 Å². The molecule has 1 aliphatic rings. The quantitative estimate of drug-likeness (QED) is 0.587. The molecule has 5 nitrogen and oxygen atoms in total. The monoisotopic (exact) mass is 334 g/mol. The Morgan fingerprint density at radius 1 is 1.52 bits per heavy atom. The van der Waals surface area contributed by atoms with Crippen molar-refractivity contribution >= 4 is 41.7 Å². The number of halogens is 3. The topological polar surface area (TPSA) is 68.2 Å². The van der Waals surface area contributed by atoms with Crippen LogP contribution in [0.4, 0.5) is 14.9 Å². The SMILES string of the molecule is CNC(=O)NC(=N)N(CC1CC1)c1ccc(F)cc1Cl.Cl. The Morgan fingerprint density at radius 3 is 2.71 bits per heavy atom. The van der Waals surface area contributed by atoms with Crippen LogP contribution >= 0.6 is 24.0 Å². The summed E-state index contributed by atoms with van der Waals surface area (Å²) >= 11 is 6.04. The normalized spacial score (nSPS) is 13.1. The molecule has 21 heavy (non-hydrogen) atoms. The van der Waals surface area contributed by atoms with Crippen molar-refractivity contribution in [1.29, 1.82) is 5.41 Å². The number of hydrogen-bond donors (Lipinski definition) is 3. The number of urea groups is 1. The van der Waals surface area contributed by atoms with Gasteiger partial charge in [-0.3, -0.25) is 10.7 Å². The van der Waals surface area contributed by atoms with Gasteiger partial charge < -0.3 is 10.2 Å². The molecule has 0 aromatic heterocycles. The summed E-state index contributed by atoms with van der Waals surface area (Å²) in [4.78, 5) is 12.9. The van der Waals surface area contributed by atoms with E-state index in [-0.39, 0.29) is 23.4 Å². The predicted octanol–water partition coefficient (Wildman–Crippen LogP) is 2.98. The molecule has 3 N–H and O–H groups in total. The number of rotatable bonds is 3. The summed E-state index contributed by atoms with van der Waals surface area (Å²) in [6, 6.07) is 3.52. The lowest BCUT2D eigenvalue weighted by atomic mass is 10.2. The minimum absolute atomic E-state index is 0. The highest BCUT2D eigenvalue weighted by Gasteiger charge is 2.28. The molecule has 2 rings (SSSR count). The number of carbonyl (C=O) groups excluding carboxylic acids is 1. The zero-order chi connectivity index (χ0) is 14.7. The smallest absolute Gasteiger partial charge is 0.321 e. The van der Waals surface area contributed by atoms with E-state index in [1.165, 1.54) is 25.2 Å². The Bertz CT molecular complexity index is 537. The van der Waals surface area contributed by atoms with Gasteiger partial charge in [-0.25, -0.2) is 9.18 Å². The summed E-state index contributed by atoms with van der Waals surface area (Å²) in [7, 11) is 1.47. The summed E-state index contributed by atoms with van der Waals surface area (Å²) in [5.41, 5.74) is 0.515. The average Bonchev–Trinajstić information content (AvgIpc) is 3.20. The molecular formula is C13H17Cl2FN4O. The molecule has 0 unspecified atom stereocenters.